The first-order valence-electron chi connectivity index (χ1n) is 8.53. The summed E-state index contributed by atoms with van der Waals surface area (Å²) >= 11 is 0. The van der Waals surface area contributed by atoms with Crippen LogP contribution in [0.15, 0.2) is 36.9 Å². The Bertz CT molecular complexity index is 700. The van der Waals surface area contributed by atoms with E-state index in [9.17, 15) is 4.79 Å². The van der Waals surface area contributed by atoms with Crippen molar-refractivity contribution in [2.24, 2.45) is 0 Å². The lowest BCUT2D eigenvalue weighted by molar-refractivity contribution is 0.0658. The van der Waals surface area contributed by atoms with Crippen molar-refractivity contribution in [3.63, 3.8) is 0 Å². The smallest absolute Gasteiger partial charge is 0.272 e. The number of nitrogens with zero attached hydrogens (tertiary/aromatic N) is 6. The molecule has 7 nitrogen and oxygen atoms in total. The van der Waals surface area contributed by atoms with Crippen molar-refractivity contribution in [3.05, 3.63) is 48.2 Å². The monoisotopic (exact) mass is 340 g/mol. The molecule has 3 heterocycles. The van der Waals surface area contributed by atoms with E-state index in [4.69, 9.17) is 0 Å². The van der Waals surface area contributed by atoms with Crippen LogP contribution in [0.1, 0.15) is 16.1 Å². The van der Waals surface area contributed by atoms with Gasteiger partial charge in [0.2, 0.25) is 0 Å². The predicted molar refractivity (Wildman–Crippen MR) is 96.6 cm³/mol. The summed E-state index contributed by atoms with van der Waals surface area (Å²) in [6, 6.07) is 5.81. The number of hydrogen-bond acceptors (Lipinski definition) is 6. The molecular weight excluding hydrogens is 316 g/mol. The molecule has 132 valence electrons. The molecule has 0 aromatic carbocycles. The molecule has 0 bridgehead atoms. The van der Waals surface area contributed by atoms with Crippen molar-refractivity contribution in [1.29, 1.82) is 0 Å². The Hall–Kier alpha value is -2.54. The van der Waals surface area contributed by atoms with Crippen LogP contribution in [0.5, 0.6) is 0 Å². The van der Waals surface area contributed by atoms with E-state index in [1.165, 1.54) is 11.9 Å². The molecular formula is C18H24N6O. The maximum absolute atomic E-state index is 12.7. The Kier molecular flexibility index (Phi) is 5.55. The van der Waals surface area contributed by atoms with E-state index < -0.39 is 0 Å². The summed E-state index contributed by atoms with van der Waals surface area (Å²) in [7, 11) is 4.05. The van der Waals surface area contributed by atoms with Crippen molar-refractivity contribution < 1.29 is 4.79 Å². The number of carbonyl (C=O) groups excluding carboxylic acids is 1. The number of anilines is 1. The Labute approximate surface area is 148 Å². The first-order valence-corrected chi connectivity index (χ1v) is 8.53. The third-order valence-corrected chi connectivity index (χ3v) is 4.54. The molecule has 25 heavy (non-hydrogen) atoms. The Balaban J connectivity index is 1.63. The highest BCUT2D eigenvalue weighted by atomic mass is 16.2. The van der Waals surface area contributed by atoms with Crippen molar-refractivity contribution in [3.8, 4) is 0 Å². The molecule has 0 aliphatic carbocycles. The first kappa shape index (κ1) is 17.3. The number of hydrogen-bond donors (Lipinski definition) is 0. The number of carbonyl (C=O) groups is 1. The molecule has 1 aliphatic heterocycles. The molecule has 0 atom stereocenters. The second kappa shape index (κ2) is 8.02. The first-order chi connectivity index (χ1) is 12.1. The fourth-order valence-electron chi connectivity index (χ4n) is 2.81. The van der Waals surface area contributed by atoms with Crippen LogP contribution in [0.4, 0.5) is 5.82 Å². The highest BCUT2D eigenvalue weighted by Gasteiger charge is 2.22. The van der Waals surface area contributed by atoms with Gasteiger partial charge in [-0.15, -0.1) is 0 Å². The summed E-state index contributed by atoms with van der Waals surface area (Å²) in [4.78, 5) is 31.3. The molecule has 3 rings (SSSR count). The summed E-state index contributed by atoms with van der Waals surface area (Å²) in [5, 5.41) is 0. The highest BCUT2D eigenvalue weighted by Crippen LogP contribution is 2.13. The average molecular weight is 340 g/mol. The second-order valence-corrected chi connectivity index (χ2v) is 6.38. The minimum absolute atomic E-state index is 0.0146. The highest BCUT2D eigenvalue weighted by molar-refractivity contribution is 5.93. The molecule has 1 aliphatic rings. The van der Waals surface area contributed by atoms with E-state index in [1.807, 2.05) is 29.0 Å². The zero-order valence-electron chi connectivity index (χ0n) is 14.8. The molecule has 2 aromatic heterocycles. The van der Waals surface area contributed by atoms with Gasteiger partial charge in [0.15, 0.2) is 0 Å². The summed E-state index contributed by atoms with van der Waals surface area (Å²) in [5.41, 5.74) is 1.69. The predicted octanol–water partition coefficient (Wildman–Crippen LogP) is 0.938. The zero-order chi connectivity index (χ0) is 17.6. The molecule has 0 spiro atoms. The van der Waals surface area contributed by atoms with Gasteiger partial charge in [-0.3, -0.25) is 9.78 Å². The molecule has 7 heteroatoms. The minimum Gasteiger partial charge on any atom is -0.359 e. The largest absolute Gasteiger partial charge is 0.359 e. The second-order valence-electron chi connectivity index (χ2n) is 6.38. The van der Waals surface area contributed by atoms with E-state index in [-0.39, 0.29) is 5.91 Å². The summed E-state index contributed by atoms with van der Waals surface area (Å²) in [5.74, 6) is 0.751. The van der Waals surface area contributed by atoms with Crippen LogP contribution in [0.3, 0.4) is 0 Å². The van der Waals surface area contributed by atoms with E-state index in [2.05, 4.69) is 26.9 Å². The van der Waals surface area contributed by atoms with Gasteiger partial charge in [-0.05, 0) is 31.2 Å². The standard InChI is InChI=1S/C18H24N6O/c1-22-9-11-24(12-10-22)18(25)16-13-17(21-14-20-16)23(2)8-5-15-3-6-19-7-4-15/h3-4,6-7,13-14H,5,8-12H2,1-2H3. The topological polar surface area (TPSA) is 65.5 Å². The maximum Gasteiger partial charge on any atom is 0.272 e. The zero-order valence-corrected chi connectivity index (χ0v) is 14.8. The van der Waals surface area contributed by atoms with Crippen molar-refractivity contribution in [2.75, 3.05) is 51.7 Å². The molecule has 0 radical (unpaired) electrons. The van der Waals surface area contributed by atoms with Gasteiger partial charge in [-0.1, -0.05) is 0 Å². The molecule has 1 fully saturated rings. The third kappa shape index (κ3) is 4.51. The van der Waals surface area contributed by atoms with Gasteiger partial charge in [0, 0.05) is 58.2 Å². The van der Waals surface area contributed by atoms with Crippen LogP contribution in [0.25, 0.3) is 0 Å². The van der Waals surface area contributed by atoms with Gasteiger partial charge in [0.05, 0.1) is 0 Å². The third-order valence-electron chi connectivity index (χ3n) is 4.54. The van der Waals surface area contributed by atoms with Gasteiger partial charge in [0.25, 0.3) is 5.91 Å². The number of rotatable bonds is 5. The molecule has 0 saturated carbocycles. The van der Waals surface area contributed by atoms with Crippen molar-refractivity contribution >= 4 is 11.7 Å². The Morgan fingerprint density at radius 1 is 1.16 bits per heavy atom. The molecule has 0 N–H and O–H groups in total. The van der Waals surface area contributed by atoms with Crippen LogP contribution in [-0.2, 0) is 6.42 Å². The van der Waals surface area contributed by atoms with Gasteiger partial charge in [-0.2, -0.15) is 0 Å². The molecule has 1 saturated heterocycles. The normalized spacial score (nSPS) is 15.2. The van der Waals surface area contributed by atoms with Crippen LogP contribution in [0, 0.1) is 0 Å². The van der Waals surface area contributed by atoms with Gasteiger partial charge in [-0.25, -0.2) is 9.97 Å². The summed E-state index contributed by atoms with van der Waals surface area (Å²) in [6.07, 6.45) is 5.96. The van der Waals surface area contributed by atoms with Gasteiger partial charge >= 0.3 is 0 Å². The number of aromatic nitrogens is 3. The fourth-order valence-corrected chi connectivity index (χ4v) is 2.81. The van der Waals surface area contributed by atoms with E-state index in [1.54, 1.807) is 18.5 Å². The molecule has 1 amide bonds. The van der Waals surface area contributed by atoms with Crippen molar-refractivity contribution in [2.45, 2.75) is 6.42 Å². The Morgan fingerprint density at radius 2 is 1.88 bits per heavy atom. The van der Waals surface area contributed by atoms with E-state index in [0.29, 0.717) is 5.69 Å². The lowest BCUT2D eigenvalue weighted by atomic mass is 10.2. The van der Waals surface area contributed by atoms with Crippen LogP contribution < -0.4 is 4.90 Å². The van der Waals surface area contributed by atoms with Gasteiger partial charge < -0.3 is 14.7 Å². The van der Waals surface area contributed by atoms with Crippen molar-refractivity contribution in [1.82, 2.24) is 24.8 Å². The quantitative estimate of drug-likeness (QED) is 0.807. The fraction of sp³-hybridized carbons (Fsp3) is 0.444. The minimum atomic E-state index is -0.0146. The molecule has 0 unspecified atom stereocenters. The number of likely N-dealkylation sites (N-methyl/N-ethyl adjacent to an activating group) is 2. The number of piperazine rings is 1. The molecule has 2 aromatic rings. The number of pyridine rings is 1. The Morgan fingerprint density at radius 3 is 2.60 bits per heavy atom. The van der Waals surface area contributed by atoms with Crippen LogP contribution in [0.2, 0.25) is 0 Å². The lowest BCUT2D eigenvalue weighted by Gasteiger charge is -2.32. The number of amides is 1. The average Bonchev–Trinajstić information content (AvgIpc) is 2.67. The van der Waals surface area contributed by atoms with Crippen LogP contribution in [-0.4, -0.2) is 77.5 Å². The van der Waals surface area contributed by atoms with E-state index >= 15 is 0 Å². The van der Waals surface area contributed by atoms with Gasteiger partial charge in [0.1, 0.15) is 17.8 Å². The maximum atomic E-state index is 12.7. The summed E-state index contributed by atoms with van der Waals surface area (Å²) in [6.45, 7) is 4.09. The lowest BCUT2D eigenvalue weighted by Crippen LogP contribution is -2.47. The van der Waals surface area contributed by atoms with Crippen LogP contribution >= 0.6 is 0 Å². The van der Waals surface area contributed by atoms with E-state index in [0.717, 1.165) is 45.0 Å². The summed E-state index contributed by atoms with van der Waals surface area (Å²) < 4.78 is 0. The SMILES string of the molecule is CN1CCN(C(=O)c2cc(N(C)CCc3ccncc3)ncn2)CC1.